The molecule has 0 heterocycles. The van der Waals surface area contributed by atoms with Crippen LogP contribution < -0.4 is 4.74 Å². The van der Waals surface area contributed by atoms with E-state index in [9.17, 15) is 18.5 Å². The summed E-state index contributed by atoms with van der Waals surface area (Å²) in [5.74, 6) is -0.355. The molecule has 1 N–H and O–H groups in total. The number of oxime groups is 1. The molecule has 6 nitrogen and oxygen atoms in total. The number of aliphatic hydroxyl groups is 1. The Balaban J connectivity index is 1.70. The van der Waals surface area contributed by atoms with Crippen LogP contribution in [0.5, 0.6) is 11.5 Å². The highest BCUT2D eigenvalue weighted by atomic mass is 32.2. The zero-order chi connectivity index (χ0) is 23.1. The summed E-state index contributed by atoms with van der Waals surface area (Å²) in [5, 5.41) is 14.2. The van der Waals surface area contributed by atoms with E-state index in [1.165, 1.54) is 18.4 Å². The molecule has 0 saturated heterocycles. The SMILES string of the molecule is CCON=CCCC1=C(O)CC(c2cccc(Oc3ccc(S(C)=O)cc3F)c2)CC1=O. The van der Waals surface area contributed by atoms with Gasteiger partial charge in [0.1, 0.15) is 12.4 Å². The maximum absolute atomic E-state index is 14.3. The van der Waals surface area contributed by atoms with E-state index in [1.54, 1.807) is 30.5 Å². The summed E-state index contributed by atoms with van der Waals surface area (Å²) in [7, 11) is -1.28. The van der Waals surface area contributed by atoms with Gasteiger partial charge in [-0.3, -0.25) is 9.00 Å². The minimum absolute atomic E-state index is 0.0230. The summed E-state index contributed by atoms with van der Waals surface area (Å²) >= 11 is 0. The van der Waals surface area contributed by atoms with Crippen LogP contribution in [0.1, 0.15) is 44.1 Å². The molecule has 170 valence electrons. The topological polar surface area (TPSA) is 85.2 Å². The highest BCUT2D eigenvalue weighted by Gasteiger charge is 2.28. The molecule has 32 heavy (non-hydrogen) atoms. The van der Waals surface area contributed by atoms with E-state index >= 15 is 0 Å². The molecule has 0 aromatic heterocycles. The largest absolute Gasteiger partial charge is 0.512 e. The molecular weight excluding hydrogens is 433 g/mol. The lowest BCUT2D eigenvalue weighted by molar-refractivity contribution is -0.116. The summed E-state index contributed by atoms with van der Waals surface area (Å²) in [6.45, 7) is 2.31. The van der Waals surface area contributed by atoms with Crippen LogP contribution in [0.4, 0.5) is 4.39 Å². The quantitative estimate of drug-likeness (QED) is 0.400. The van der Waals surface area contributed by atoms with Crippen molar-refractivity contribution in [1.82, 2.24) is 0 Å². The Morgan fingerprint density at radius 3 is 2.75 bits per heavy atom. The minimum Gasteiger partial charge on any atom is -0.512 e. The van der Waals surface area contributed by atoms with Gasteiger partial charge in [0.2, 0.25) is 0 Å². The van der Waals surface area contributed by atoms with Gasteiger partial charge in [0.05, 0.1) is 5.76 Å². The Morgan fingerprint density at radius 1 is 1.25 bits per heavy atom. The summed E-state index contributed by atoms with van der Waals surface area (Å²) in [4.78, 5) is 17.9. The Labute approximate surface area is 189 Å². The monoisotopic (exact) mass is 459 g/mol. The first kappa shape index (κ1) is 23.7. The van der Waals surface area contributed by atoms with Crippen molar-refractivity contribution < 1.29 is 28.1 Å². The highest BCUT2D eigenvalue weighted by Crippen LogP contribution is 2.37. The van der Waals surface area contributed by atoms with E-state index < -0.39 is 16.6 Å². The minimum atomic E-state index is -1.28. The molecule has 2 aromatic carbocycles. The second kappa shape index (κ2) is 11.0. The van der Waals surface area contributed by atoms with Gasteiger partial charge in [-0.15, -0.1) is 0 Å². The zero-order valence-electron chi connectivity index (χ0n) is 18.0. The van der Waals surface area contributed by atoms with Crippen LogP contribution in [0, 0.1) is 5.82 Å². The van der Waals surface area contributed by atoms with Crippen molar-refractivity contribution in [3.05, 3.63) is 65.2 Å². The predicted molar refractivity (Wildman–Crippen MR) is 121 cm³/mol. The number of rotatable bonds is 9. The molecule has 3 rings (SSSR count). The third-order valence-electron chi connectivity index (χ3n) is 5.15. The first-order valence-electron chi connectivity index (χ1n) is 10.4. The van der Waals surface area contributed by atoms with Gasteiger partial charge in [0.15, 0.2) is 17.3 Å². The molecule has 0 radical (unpaired) electrons. The number of hydrogen-bond donors (Lipinski definition) is 1. The van der Waals surface area contributed by atoms with Crippen LogP contribution in [0.3, 0.4) is 0 Å². The first-order chi connectivity index (χ1) is 15.4. The maximum Gasteiger partial charge on any atom is 0.166 e. The molecule has 2 atom stereocenters. The molecule has 0 amide bonds. The lowest BCUT2D eigenvalue weighted by Crippen LogP contribution is -2.18. The van der Waals surface area contributed by atoms with E-state index in [0.29, 0.717) is 42.1 Å². The van der Waals surface area contributed by atoms with Crippen molar-refractivity contribution in [2.45, 2.75) is 43.4 Å². The molecule has 1 aliphatic carbocycles. The second-order valence-electron chi connectivity index (χ2n) is 7.42. The molecular formula is C24H26FNO5S. The highest BCUT2D eigenvalue weighted by molar-refractivity contribution is 7.84. The number of Topliss-reactive ketones (excluding diaryl/α,β-unsaturated/α-hetero) is 1. The van der Waals surface area contributed by atoms with E-state index in [4.69, 9.17) is 9.57 Å². The molecule has 0 bridgehead atoms. The molecule has 0 aliphatic heterocycles. The smallest absolute Gasteiger partial charge is 0.166 e. The van der Waals surface area contributed by atoms with Crippen molar-refractivity contribution in [1.29, 1.82) is 0 Å². The van der Waals surface area contributed by atoms with Gasteiger partial charge in [-0.05, 0) is 61.6 Å². The average Bonchev–Trinajstić information content (AvgIpc) is 2.76. The van der Waals surface area contributed by atoms with Crippen molar-refractivity contribution in [2.75, 3.05) is 12.9 Å². The number of allylic oxidation sites excluding steroid dienone is 2. The zero-order valence-corrected chi connectivity index (χ0v) is 18.9. The second-order valence-corrected chi connectivity index (χ2v) is 8.80. The van der Waals surface area contributed by atoms with Gasteiger partial charge in [-0.25, -0.2) is 4.39 Å². The lowest BCUT2D eigenvalue weighted by atomic mass is 9.81. The third-order valence-corrected chi connectivity index (χ3v) is 6.07. The number of halogens is 1. The van der Waals surface area contributed by atoms with Gasteiger partial charge in [-0.1, -0.05) is 17.3 Å². The van der Waals surface area contributed by atoms with E-state index in [-0.39, 0.29) is 29.6 Å². The fourth-order valence-corrected chi connectivity index (χ4v) is 4.08. The van der Waals surface area contributed by atoms with Crippen molar-refractivity contribution >= 4 is 22.8 Å². The molecule has 2 aromatic rings. The van der Waals surface area contributed by atoms with Crippen LogP contribution in [-0.4, -0.2) is 34.2 Å². The fraction of sp³-hybridized carbons (Fsp3) is 0.333. The number of benzene rings is 2. The van der Waals surface area contributed by atoms with Gasteiger partial charge in [-0.2, -0.15) is 0 Å². The third kappa shape index (κ3) is 6.03. The molecule has 8 heteroatoms. The first-order valence-corrected chi connectivity index (χ1v) is 11.9. The molecule has 0 saturated carbocycles. The van der Waals surface area contributed by atoms with Crippen LogP contribution in [-0.2, 0) is 20.4 Å². The van der Waals surface area contributed by atoms with Gasteiger partial charge in [0, 0.05) is 46.6 Å². The number of hydrogen-bond acceptors (Lipinski definition) is 6. The number of ketones is 1. The number of aliphatic hydroxyl groups excluding tert-OH is 1. The van der Waals surface area contributed by atoms with Gasteiger partial charge < -0.3 is 14.7 Å². The maximum atomic E-state index is 14.3. The van der Waals surface area contributed by atoms with Crippen molar-refractivity contribution in [2.24, 2.45) is 5.16 Å². The molecule has 0 spiro atoms. The normalized spacial score (nSPS) is 17.6. The Morgan fingerprint density at radius 2 is 2.06 bits per heavy atom. The van der Waals surface area contributed by atoms with Gasteiger partial charge >= 0.3 is 0 Å². The Kier molecular flexibility index (Phi) is 8.16. The van der Waals surface area contributed by atoms with Crippen LogP contribution in [0.25, 0.3) is 0 Å². The number of carbonyl (C=O) groups is 1. The molecule has 2 unspecified atom stereocenters. The number of ether oxygens (including phenoxy) is 1. The lowest BCUT2D eigenvalue weighted by Gasteiger charge is -2.24. The fourth-order valence-electron chi connectivity index (χ4n) is 3.55. The van der Waals surface area contributed by atoms with E-state index in [2.05, 4.69) is 5.16 Å². The molecule has 0 fully saturated rings. The summed E-state index contributed by atoms with van der Waals surface area (Å²) in [6.07, 6.45) is 4.61. The van der Waals surface area contributed by atoms with Crippen LogP contribution in [0.2, 0.25) is 0 Å². The summed E-state index contributed by atoms with van der Waals surface area (Å²) < 4.78 is 31.5. The standard InChI is InChI=1S/C24H26FNO5S/c1-3-30-26-11-5-8-20-22(27)13-17(14-23(20)28)16-6-4-7-18(12-16)31-24-10-9-19(32(2)29)15-21(24)25/h4,6-7,9-12,15,17,27H,3,5,8,13-14H2,1-2H3. The number of nitrogens with zero attached hydrogens (tertiary/aromatic N) is 1. The van der Waals surface area contributed by atoms with Crippen molar-refractivity contribution in [3.63, 3.8) is 0 Å². The predicted octanol–water partition coefficient (Wildman–Crippen LogP) is 5.42. The molecule has 1 aliphatic rings. The number of carbonyl (C=O) groups excluding carboxylic acids is 1. The van der Waals surface area contributed by atoms with Gasteiger partial charge in [0.25, 0.3) is 0 Å². The van der Waals surface area contributed by atoms with E-state index in [1.807, 2.05) is 13.0 Å². The van der Waals surface area contributed by atoms with Crippen LogP contribution >= 0.6 is 0 Å². The van der Waals surface area contributed by atoms with Crippen molar-refractivity contribution in [3.8, 4) is 11.5 Å². The summed E-state index contributed by atoms with van der Waals surface area (Å²) in [5.41, 5.74) is 1.26. The Bertz CT molecular complexity index is 1070. The average molecular weight is 460 g/mol. The Hall–Kier alpha value is -3.00. The summed E-state index contributed by atoms with van der Waals surface area (Å²) in [6, 6.07) is 11.3. The van der Waals surface area contributed by atoms with Crippen LogP contribution in [0.15, 0.2) is 63.8 Å². The van der Waals surface area contributed by atoms with E-state index in [0.717, 1.165) is 5.56 Å².